The average molecular weight is 258 g/mol. The lowest BCUT2D eigenvalue weighted by Gasteiger charge is -2.14. The van der Waals surface area contributed by atoms with Gasteiger partial charge in [0.05, 0.1) is 12.8 Å². The van der Waals surface area contributed by atoms with Gasteiger partial charge in [0.1, 0.15) is 5.75 Å². The van der Waals surface area contributed by atoms with Crippen LogP contribution in [0.3, 0.4) is 0 Å². The molecule has 0 saturated heterocycles. The van der Waals surface area contributed by atoms with Crippen molar-refractivity contribution in [3.05, 3.63) is 53.7 Å². The number of nitrogens with zero attached hydrogens (tertiary/aromatic N) is 1. The highest BCUT2D eigenvalue weighted by molar-refractivity contribution is 5.29. The van der Waals surface area contributed by atoms with Crippen molar-refractivity contribution < 1.29 is 9.84 Å². The maximum absolute atomic E-state index is 9.46. The van der Waals surface area contributed by atoms with Crippen molar-refractivity contribution in [2.24, 2.45) is 0 Å². The Morgan fingerprint density at radius 3 is 2.79 bits per heavy atom. The first-order valence-corrected chi connectivity index (χ1v) is 6.21. The highest BCUT2D eigenvalue weighted by Crippen LogP contribution is 2.18. The number of pyridine rings is 1. The zero-order valence-electron chi connectivity index (χ0n) is 11.1. The second-order valence-corrected chi connectivity index (χ2v) is 4.37. The quantitative estimate of drug-likeness (QED) is 0.865. The molecule has 0 radical (unpaired) electrons. The van der Waals surface area contributed by atoms with Crippen LogP contribution in [-0.4, -0.2) is 17.2 Å². The van der Waals surface area contributed by atoms with E-state index >= 15 is 0 Å². The summed E-state index contributed by atoms with van der Waals surface area (Å²) in [5, 5.41) is 12.8. The lowest BCUT2D eigenvalue weighted by atomic mass is 10.1. The molecule has 1 aromatic carbocycles. The van der Waals surface area contributed by atoms with Crippen LogP contribution >= 0.6 is 0 Å². The van der Waals surface area contributed by atoms with Crippen LogP contribution < -0.4 is 10.1 Å². The van der Waals surface area contributed by atoms with Gasteiger partial charge in [0, 0.05) is 18.7 Å². The fourth-order valence-corrected chi connectivity index (χ4v) is 1.84. The molecule has 0 bridgehead atoms. The third-order valence-electron chi connectivity index (χ3n) is 2.95. The molecule has 0 aliphatic rings. The van der Waals surface area contributed by atoms with Crippen LogP contribution in [0.25, 0.3) is 0 Å². The summed E-state index contributed by atoms with van der Waals surface area (Å²) in [5.41, 5.74) is 1.97. The lowest BCUT2D eigenvalue weighted by Crippen LogP contribution is -2.18. The summed E-state index contributed by atoms with van der Waals surface area (Å²) >= 11 is 0. The summed E-state index contributed by atoms with van der Waals surface area (Å²) in [6.45, 7) is 2.70. The van der Waals surface area contributed by atoms with E-state index in [9.17, 15) is 5.11 Å². The number of hydrogen-bond donors (Lipinski definition) is 2. The van der Waals surface area contributed by atoms with Crippen molar-refractivity contribution in [3.8, 4) is 11.6 Å². The van der Waals surface area contributed by atoms with E-state index in [2.05, 4.69) is 17.2 Å². The van der Waals surface area contributed by atoms with E-state index in [0.29, 0.717) is 12.4 Å². The molecule has 2 rings (SSSR count). The predicted molar refractivity (Wildman–Crippen MR) is 74.2 cm³/mol. The van der Waals surface area contributed by atoms with E-state index in [1.54, 1.807) is 19.2 Å². The molecule has 1 unspecified atom stereocenters. The summed E-state index contributed by atoms with van der Waals surface area (Å²) in [6.07, 6.45) is 0. The summed E-state index contributed by atoms with van der Waals surface area (Å²) < 4.78 is 5.09. The van der Waals surface area contributed by atoms with Gasteiger partial charge in [0.15, 0.2) is 0 Å². The van der Waals surface area contributed by atoms with E-state index in [0.717, 1.165) is 11.3 Å². The molecule has 0 amide bonds. The number of nitrogens with one attached hydrogen (secondary N) is 1. The van der Waals surface area contributed by atoms with Crippen LogP contribution in [0, 0.1) is 0 Å². The number of aromatic hydroxyl groups is 1. The first-order valence-electron chi connectivity index (χ1n) is 6.21. The molecule has 0 fully saturated rings. The van der Waals surface area contributed by atoms with Crippen LogP contribution in [0.1, 0.15) is 24.2 Å². The maximum atomic E-state index is 9.46. The Morgan fingerprint density at radius 2 is 2.05 bits per heavy atom. The molecule has 4 heteroatoms. The van der Waals surface area contributed by atoms with Crippen LogP contribution in [0.2, 0.25) is 0 Å². The predicted octanol–water partition coefficient (Wildman–Crippen LogP) is 2.65. The normalized spacial score (nSPS) is 12.1. The number of rotatable bonds is 5. The van der Waals surface area contributed by atoms with Crippen molar-refractivity contribution in [2.45, 2.75) is 19.5 Å². The second-order valence-electron chi connectivity index (χ2n) is 4.37. The van der Waals surface area contributed by atoms with Crippen molar-refractivity contribution in [3.63, 3.8) is 0 Å². The Bertz CT molecular complexity index is 543. The average Bonchev–Trinajstić information content (AvgIpc) is 2.45. The number of phenols is 1. The summed E-state index contributed by atoms with van der Waals surface area (Å²) in [7, 11) is 1.61. The van der Waals surface area contributed by atoms with E-state index in [1.807, 2.05) is 30.3 Å². The van der Waals surface area contributed by atoms with Crippen molar-refractivity contribution >= 4 is 0 Å². The van der Waals surface area contributed by atoms with Crippen LogP contribution in [0.5, 0.6) is 11.6 Å². The Balaban J connectivity index is 1.98. The minimum atomic E-state index is 0.139. The molecule has 1 heterocycles. The number of methoxy groups -OCH3 is 1. The van der Waals surface area contributed by atoms with Crippen LogP contribution in [0.15, 0.2) is 42.5 Å². The van der Waals surface area contributed by atoms with Gasteiger partial charge in [-0.2, -0.15) is 0 Å². The molecule has 1 aromatic heterocycles. The summed E-state index contributed by atoms with van der Waals surface area (Å²) in [4.78, 5) is 4.34. The van der Waals surface area contributed by atoms with Gasteiger partial charge in [-0.1, -0.05) is 18.2 Å². The fraction of sp³-hybridized carbons (Fsp3) is 0.267. The molecule has 4 nitrogen and oxygen atoms in total. The summed E-state index contributed by atoms with van der Waals surface area (Å²) in [5.74, 6) is 0.898. The topological polar surface area (TPSA) is 54.4 Å². The van der Waals surface area contributed by atoms with E-state index in [1.165, 1.54) is 0 Å². The number of phenolic OH excluding ortho intramolecular Hbond substituents is 1. The fourth-order valence-electron chi connectivity index (χ4n) is 1.84. The van der Waals surface area contributed by atoms with Gasteiger partial charge in [-0.15, -0.1) is 0 Å². The van der Waals surface area contributed by atoms with Crippen LogP contribution in [0.4, 0.5) is 0 Å². The van der Waals surface area contributed by atoms with Gasteiger partial charge in [-0.3, -0.25) is 0 Å². The standard InChI is InChI=1S/C15H18N2O2/c1-11(12-5-3-7-14(18)9-12)16-10-13-6-4-8-15(17-13)19-2/h3-9,11,16,18H,10H2,1-2H3. The van der Waals surface area contributed by atoms with Crippen LogP contribution in [-0.2, 0) is 6.54 Å². The first-order chi connectivity index (χ1) is 9.19. The lowest BCUT2D eigenvalue weighted by molar-refractivity contribution is 0.395. The van der Waals surface area contributed by atoms with Gasteiger partial charge in [0.2, 0.25) is 5.88 Å². The zero-order valence-corrected chi connectivity index (χ0v) is 11.1. The highest BCUT2D eigenvalue weighted by Gasteiger charge is 2.06. The Hall–Kier alpha value is -2.07. The Labute approximate surface area is 113 Å². The molecule has 100 valence electrons. The number of hydrogen-bond acceptors (Lipinski definition) is 4. The molecule has 19 heavy (non-hydrogen) atoms. The minimum Gasteiger partial charge on any atom is -0.508 e. The molecular formula is C15H18N2O2. The summed E-state index contributed by atoms with van der Waals surface area (Å²) in [6, 6.07) is 13.1. The van der Waals surface area contributed by atoms with Gasteiger partial charge >= 0.3 is 0 Å². The monoisotopic (exact) mass is 258 g/mol. The first kappa shape index (κ1) is 13.4. The van der Waals surface area contributed by atoms with Gasteiger partial charge < -0.3 is 15.2 Å². The molecule has 2 N–H and O–H groups in total. The van der Waals surface area contributed by atoms with Crippen molar-refractivity contribution in [2.75, 3.05) is 7.11 Å². The SMILES string of the molecule is COc1cccc(CNC(C)c2cccc(O)c2)n1. The molecular weight excluding hydrogens is 240 g/mol. The molecule has 0 aliphatic carbocycles. The molecule has 0 saturated carbocycles. The van der Waals surface area contributed by atoms with E-state index in [4.69, 9.17) is 4.74 Å². The Morgan fingerprint density at radius 1 is 1.26 bits per heavy atom. The third-order valence-corrected chi connectivity index (χ3v) is 2.95. The van der Waals surface area contributed by atoms with Gasteiger partial charge in [-0.25, -0.2) is 4.98 Å². The molecule has 1 atom stereocenters. The minimum absolute atomic E-state index is 0.139. The third kappa shape index (κ3) is 3.69. The largest absolute Gasteiger partial charge is 0.508 e. The van der Waals surface area contributed by atoms with Crippen molar-refractivity contribution in [1.82, 2.24) is 10.3 Å². The Kier molecular flexibility index (Phi) is 4.36. The highest BCUT2D eigenvalue weighted by atomic mass is 16.5. The van der Waals surface area contributed by atoms with E-state index in [-0.39, 0.29) is 11.8 Å². The smallest absolute Gasteiger partial charge is 0.213 e. The maximum Gasteiger partial charge on any atom is 0.213 e. The zero-order chi connectivity index (χ0) is 13.7. The molecule has 0 spiro atoms. The number of ether oxygens (including phenoxy) is 1. The number of benzene rings is 1. The number of aromatic nitrogens is 1. The van der Waals surface area contributed by atoms with Gasteiger partial charge in [-0.05, 0) is 30.7 Å². The molecule has 2 aromatic rings. The molecule has 0 aliphatic heterocycles. The van der Waals surface area contributed by atoms with E-state index < -0.39 is 0 Å². The van der Waals surface area contributed by atoms with Gasteiger partial charge in [0.25, 0.3) is 0 Å². The second kappa shape index (κ2) is 6.20. The van der Waals surface area contributed by atoms with Crippen molar-refractivity contribution in [1.29, 1.82) is 0 Å².